The molecule has 0 aromatic heterocycles. The van der Waals surface area contributed by atoms with Crippen molar-refractivity contribution in [1.29, 1.82) is 0 Å². The predicted octanol–water partition coefficient (Wildman–Crippen LogP) is 3.62. The summed E-state index contributed by atoms with van der Waals surface area (Å²) < 4.78 is 5.34. The highest BCUT2D eigenvalue weighted by molar-refractivity contribution is 5.98. The number of methoxy groups -OCH3 is 1. The molecule has 0 spiro atoms. The van der Waals surface area contributed by atoms with E-state index in [-0.39, 0.29) is 12.5 Å². The zero-order valence-electron chi connectivity index (χ0n) is 15.8. The number of benzene rings is 2. The number of carbonyl (C=O) groups excluding carboxylic acids is 1. The first-order chi connectivity index (χ1) is 12.6. The van der Waals surface area contributed by atoms with Gasteiger partial charge in [0.05, 0.1) is 5.71 Å². The van der Waals surface area contributed by atoms with Crippen LogP contribution in [0.2, 0.25) is 0 Å². The number of hydrogen-bond donors (Lipinski definition) is 1. The van der Waals surface area contributed by atoms with E-state index in [1.54, 1.807) is 7.05 Å². The van der Waals surface area contributed by atoms with Gasteiger partial charge in [-0.15, -0.1) is 0 Å². The van der Waals surface area contributed by atoms with Gasteiger partial charge in [-0.1, -0.05) is 60.6 Å². The Morgan fingerprint density at radius 2 is 1.85 bits per heavy atom. The Bertz CT molecular complexity index is 754. The van der Waals surface area contributed by atoms with Crippen LogP contribution in [0.15, 0.2) is 53.7 Å². The normalized spacial score (nSPS) is 12.5. The van der Waals surface area contributed by atoms with Gasteiger partial charge in [-0.25, -0.2) is 0 Å². The molecule has 0 fully saturated rings. The maximum atomic E-state index is 12.0. The molecule has 0 radical (unpaired) electrons. The molecule has 5 heteroatoms. The number of likely N-dealkylation sites (N-methyl/N-ethyl adjacent to an activating group) is 1. The summed E-state index contributed by atoms with van der Waals surface area (Å²) in [4.78, 5) is 17.6. The fourth-order valence-electron chi connectivity index (χ4n) is 2.66. The van der Waals surface area contributed by atoms with Crippen molar-refractivity contribution in [3.05, 3.63) is 70.8 Å². The highest BCUT2D eigenvalue weighted by Gasteiger charge is 2.21. The van der Waals surface area contributed by atoms with Crippen molar-refractivity contribution in [2.75, 3.05) is 14.2 Å². The fraction of sp³-hybridized carbons (Fsp3) is 0.333. The highest BCUT2D eigenvalue weighted by atomic mass is 16.6. The van der Waals surface area contributed by atoms with E-state index in [9.17, 15) is 4.79 Å². The molecule has 0 aliphatic carbocycles. The lowest BCUT2D eigenvalue weighted by atomic mass is 10.0. The monoisotopic (exact) mass is 354 g/mol. The molecule has 138 valence electrons. The molecular formula is C21H26N2O3. The number of amides is 1. The van der Waals surface area contributed by atoms with Crippen molar-refractivity contribution in [3.8, 4) is 0 Å². The molecule has 0 aliphatic rings. The Morgan fingerprint density at radius 3 is 2.46 bits per heavy atom. The largest absolute Gasteiger partial charge is 0.391 e. The molecule has 1 atom stereocenters. The summed E-state index contributed by atoms with van der Waals surface area (Å²) in [7, 11) is 3.10. The molecule has 1 unspecified atom stereocenters. The summed E-state index contributed by atoms with van der Waals surface area (Å²) in [5.74, 6) is -0.198. The van der Waals surface area contributed by atoms with Gasteiger partial charge >= 0.3 is 0 Å². The van der Waals surface area contributed by atoms with E-state index in [0.29, 0.717) is 0 Å². The van der Waals surface area contributed by atoms with Gasteiger partial charge in [0, 0.05) is 14.2 Å². The van der Waals surface area contributed by atoms with E-state index in [1.165, 1.54) is 12.7 Å². The maximum Gasteiger partial charge on any atom is 0.253 e. The van der Waals surface area contributed by atoms with Crippen molar-refractivity contribution in [2.24, 2.45) is 5.16 Å². The highest BCUT2D eigenvalue weighted by Crippen LogP contribution is 2.22. The molecule has 0 saturated heterocycles. The standard InChI is InChI=1S/C21H26N2O3/c1-5-16-10-12-17(13-11-16)15(2)23-26-14-18-8-6-7-9-19(18)20(25-4)21(24)22-3/h6-13,20H,5,14H2,1-4H3,(H,22,24)/b23-15+. The minimum absolute atomic E-state index is 0.198. The topological polar surface area (TPSA) is 59.9 Å². The number of nitrogens with zero attached hydrogens (tertiary/aromatic N) is 1. The van der Waals surface area contributed by atoms with Gasteiger partial charge in [0.25, 0.3) is 5.91 Å². The number of carbonyl (C=O) groups is 1. The third-order valence-corrected chi connectivity index (χ3v) is 4.26. The number of hydrogen-bond acceptors (Lipinski definition) is 4. The van der Waals surface area contributed by atoms with Gasteiger partial charge in [-0.05, 0) is 35.6 Å². The molecule has 1 amide bonds. The Labute approximate surface area is 155 Å². The second-order valence-corrected chi connectivity index (χ2v) is 5.93. The fourth-order valence-corrected chi connectivity index (χ4v) is 2.66. The van der Waals surface area contributed by atoms with Crippen LogP contribution in [0.3, 0.4) is 0 Å². The van der Waals surface area contributed by atoms with Crippen LogP contribution in [0.5, 0.6) is 0 Å². The van der Waals surface area contributed by atoms with Gasteiger partial charge < -0.3 is 14.9 Å². The van der Waals surface area contributed by atoms with E-state index in [2.05, 4.69) is 29.5 Å². The molecule has 0 aliphatic heterocycles. The first-order valence-electron chi connectivity index (χ1n) is 8.68. The minimum atomic E-state index is -0.675. The molecule has 0 heterocycles. The quantitative estimate of drug-likeness (QED) is 0.582. The van der Waals surface area contributed by atoms with Crippen molar-refractivity contribution in [2.45, 2.75) is 33.0 Å². The summed E-state index contributed by atoms with van der Waals surface area (Å²) in [6.45, 7) is 4.30. The Kier molecular flexibility index (Phi) is 7.36. The summed E-state index contributed by atoms with van der Waals surface area (Å²) in [6.07, 6.45) is 0.335. The smallest absolute Gasteiger partial charge is 0.253 e. The van der Waals surface area contributed by atoms with Crippen molar-refractivity contribution >= 4 is 11.6 Å². The SMILES string of the molecule is CCc1ccc(/C(C)=N/OCc2ccccc2C(OC)C(=O)NC)cc1. The average molecular weight is 354 g/mol. The molecule has 2 aromatic rings. The number of ether oxygens (including phenoxy) is 1. The maximum absolute atomic E-state index is 12.0. The molecule has 0 bridgehead atoms. The van der Waals surface area contributed by atoms with Gasteiger partial charge in [-0.3, -0.25) is 4.79 Å². The lowest BCUT2D eigenvalue weighted by Crippen LogP contribution is -2.27. The zero-order valence-corrected chi connectivity index (χ0v) is 15.8. The average Bonchev–Trinajstić information content (AvgIpc) is 2.69. The van der Waals surface area contributed by atoms with Crippen LogP contribution in [0.1, 0.15) is 42.2 Å². The zero-order chi connectivity index (χ0) is 18.9. The number of nitrogens with one attached hydrogen (secondary N) is 1. The van der Waals surface area contributed by atoms with Crippen LogP contribution < -0.4 is 5.32 Å². The first-order valence-corrected chi connectivity index (χ1v) is 8.68. The summed E-state index contributed by atoms with van der Waals surface area (Å²) in [5.41, 5.74) is 4.75. The molecule has 2 aromatic carbocycles. The van der Waals surface area contributed by atoms with E-state index in [0.717, 1.165) is 28.8 Å². The van der Waals surface area contributed by atoms with Crippen LogP contribution in [0, 0.1) is 0 Å². The Balaban J connectivity index is 2.10. The minimum Gasteiger partial charge on any atom is -0.391 e. The lowest BCUT2D eigenvalue weighted by Gasteiger charge is -2.17. The molecule has 1 N–H and O–H groups in total. The second kappa shape index (κ2) is 9.73. The van der Waals surface area contributed by atoms with Gasteiger partial charge in [0.1, 0.15) is 6.61 Å². The first kappa shape index (κ1) is 19.7. The van der Waals surface area contributed by atoms with Crippen molar-refractivity contribution < 1.29 is 14.4 Å². The van der Waals surface area contributed by atoms with Gasteiger partial charge in [-0.2, -0.15) is 0 Å². The van der Waals surface area contributed by atoms with Gasteiger partial charge in [0.15, 0.2) is 6.10 Å². The van der Waals surface area contributed by atoms with Crippen LogP contribution in [-0.4, -0.2) is 25.8 Å². The number of aryl methyl sites for hydroxylation is 1. The summed E-state index contributed by atoms with van der Waals surface area (Å²) >= 11 is 0. The van der Waals surface area contributed by atoms with Crippen LogP contribution in [-0.2, 0) is 27.4 Å². The Morgan fingerprint density at radius 1 is 1.15 bits per heavy atom. The van der Waals surface area contributed by atoms with E-state index in [1.807, 2.05) is 43.3 Å². The third-order valence-electron chi connectivity index (χ3n) is 4.26. The molecule has 26 heavy (non-hydrogen) atoms. The molecule has 2 rings (SSSR count). The lowest BCUT2D eigenvalue weighted by molar-refractivity contribution is -0.130. The second-order valence-electron chi connectivity index (χ2n) is 5.93. The van der Waals surface area contributed by atoms with Crippen LogP contribution in [0.4, 0.5) is 0 Å². The molecule has 0 saturated carbocycles. The summed E-state index contributed by atoms with van der Waals surface area (Å²) in [6, 6.07) is 15.8. The van der Waals surface area contributed by atoms with E-state index in [4.69, 9.17) is 9.57 Å². The Hall–Kier alpha value is -2.66. The third kappa shape index (κ3) is 4.92. The molecule has 5 nitrogen and oxygen atoms in total. The number of oxime groups is 1. The predicted molar refractivity (Wildman–Crippen MR) is 103 cm³/mol. The van der Waals surface area contributed by atoms with Crippen molar-refractivity contribution in [1.82, 2.24) is 5.32 Å². The summed E-state index contributed by atoms with van der Waals surface area (Å²) in [5, 5.41) is 6.83. The van der Waals surface area contributed by atoms with E-state index >= 15 is 0 Å². The van der Waals surface area contributed by atoms with Gasteiger partial charge in [0.2, 0.25) is 0 Å². The van der Waals surface area contributed by atoms with Crippen molar-refractivity contribution in [3.63, 3.8) is 0 Å². The number of rotatable bonds is 8. The van der Waals surface area contributed by atoms with Crippen LogP contribution in [0.25, 0.3) is 0 Å². The van der Waals surface area contributed by atoms with E-state index < -0.39 is 6.10 Å². The molecular weight excluding hydrogens is 328 g/mol. The van der Waals surface area contributed by atoms with Crippen LogP contribution >= 0.6 is 0 Å².